The van der Waals surface area contributed by atoms with Crippen LogP contribution >= 0.6 is 0 Å². The van der Waals surface area contributed by atoms with Crippen molar-refractivity contribution in [3.8, 4) is 0 Å². The first-order valence-electron chi connectivity index (χ1n) is 20.5. The first-order valence-corrected chi connectivity index (χ1v) is 20.5. The second kappa shape index (κ2) is 20.3. The van der Waals surface area contributed by atoms with Gasteiger partial charge < -0.3 is 16.2 Å². The fraction of sp³-hybridized carbons (Fsp3) is 0.0545. The van der Waals surface area contributed by atoms with Gasteiger partial charge in [-0.25, -0.2) is 4.79 Å². The number of Topliss-reactive ketones (excluding diaryl/α,β-unsaturated/α-hetero) is 2. The molecule has 64 heavy (non-hydrogen) atoms. The molecule has 0 bridgehead atoms. The van der Waals surface area contributed by atoms with E-state index in [1.807, 2.05) is 140 Å². The molecule has 1 fully saturated rings. The molecule has 1 saturated carbocycles. The molecular formula is C55H44N4O5. The lowest BCUT2D eigenvalue weighted by molar-refractivity contribution is -0.131. The molecule has 9 heteroatoms. The molecule has 0 saturated heterocycles. The average Bonchev–Trinajstić information content (AvgIpc) is 4.16. The number of carbonyl (C=O) groups excluding carboxylic acids is 3. The van der Waals surface area contributed by atoms with Gasteiger partial charge in [0.2, 0.25) is 5.91 Å². The highest BCUT2D eigenvalue weighted by Gasteiger charge is 2.51. The predicted octanol–water partition coefficient (Wildman–Crippen LogP) is 11.3. The Balaban J connectivity index is 0.000000163. The summed E-state index contributed by atoms with van der Waals surface area (Å²) in [5.74, 6) is -1.19. The van der Waals surface area contributed by atoms with Crippen molar-refractivity contribution in [1.82, 2.24) is 9.97 Å². The summed E-state index contributed by atoms with van der Waals surface area (Å²) in [4.78, 5) is 56.3. The Morgan fingerprint density at radius 3 is 1.73 bits per heavy atom. The zero-order valence-electron chi connectivity index (χ0n) is 34.8. The number of hydrogen-bond donors (Lipinski definition) is 3. The molecule has 0 unspecified atom stereocenters. The number of ketones is 2. The van der Waals surface area contributed by atoms with Gasteiger partial charge in [0.1, 0.15) is 0 Å². The molecule has 9 nitrogen and oxygen atoms in total. The first-order chi connectivity index (χ1) is 31.1. The average molecular weight is 841 g/mol. The molecule has 0 atom stereocenters. The molecule has 2 heterocycles. The zero-order chi connectivity index (χ0) is 44.9. The Morgan fingerprint density at radius 2 is 1.14 bits per heavy atom. The van der Waals surface area contributed by atoms with Crippen LogP contribution in [0.4, 0.5) is 11.4 Å². The van der Waals surface area contributed by atoms with Gasteiger partial charge in [0, 0.05) is 75.8 Å². The van der Waals surface area contributed by atoms with Crippen molar-refractivity contribution in [3.63, 3.8) is 0 Å². The lowest BCUT2D eigenvalue weighted by Crippen LogP contribution is -2.20. The lowest BCUT2D eigenvalue weighted by atomic mass is 9.87. The van der Waals surface area contributed by atoms with Crippen molar-refractivity contribution >= 4 is 74.1 Å². The van der Waals surface area contributed by atoms with Crippen LogP contribution in [0.5, 0.6) is 0 Å². The topological polar surface area (TPSA) is 152 Å². The van der Waals surface area contributed by atoms with E-state index in [9.17, 15) is 19.2 Å². The molecule has 1 aliphatic rings. The number of amides is 1. The van der Waals surface area contributed by atoms with Crippen LogP contribution in [0.15, 0.2) is 201 Å². The van der Waals surface area contributed by atoms with Crippen molar-refractivity contribution in [2.24, 2.45) is 0 Å². The van der Waals surface area contributed by atoms with Crippen LogP contribution in [-0.4, -0.2) is 38.5 Å². The number of benzene rings is 6. The van der Waals surface area contributed by atoms with E-state index in [0.717, 1.165) is 74.1 Å². The van der Waals surface area contributed by atoms with Crippen molar-refractivity contribution < 1.29 is 24.3 Å². The summed E-state index contributed by atoms with van der Waals surface area (Å²) in [6.07, 6.45) is 14.7. The van der Waals surface area contributed by atoms with Crippen molar-refractivity contribution in [2.45, 2.75) is 18.3 Å². The van der Waals surface area contributed by atoms with Crippen molar-refractivity contribution in [3.05, 3.63) is 235 Å². The minimum atomic E-state index is -1.01. The lowest BCUT2D eigenvalue weighted by Gasteiger charge is -2.14. The SMILES string of the molecule is C=C(C(=O)c1ccc(/C=C/C(=O)O)cc1)c1ccccc1.Nc1ccc2cnccc2c1.O=C(/C=C/c1ccc(C(=O)C2(c3ccccc3)CC2)cc1)Nc1ccc2cnccc2c1. The Morgan fingerprint density at radius 1 is 0.594 bits per heavy atom. The second-order valence-corrected chi connectivity index (χ2v) is 15.1. The number of nitrogens with one attached hydrogen (secondary N) is 1. The molecule has 9 rings (SSSR count). The van der Waals surface area contributed by atoms with Gasteiger partial charge >= 0.3 is 5.97 Å². The third kappa shape index (κ3) is 11.2. The maximum Gasteiger partial charge on any atom is 0.328 e. The van der Waals surface area contributed by atoms with E-state index in [4.69, 9.17) is 10.8 Å². The molecule has 314 valence electrons. The van der Waals surface area contributed by atoms with Gasteiger partial charge in [0.15, 0.2) is 11.6 Å². The Hall–Kier alpha value is -8.56. The number of carboxylic acid groups (broad SMARTS) is 1. The fourth-order valence-electron chi connectivity index (χ4n) is 7.03. The van der Waals surface area contributed by atoms with Crippen LogP contribution < -0.4 is 11.1 Å². The number of fused-ring (bicyclic) bond motifs is 2. The molecule has 0 aliphatic heterocycles. The smallest absolute Gasteiger partial charge is 0.328 e. The molecule has 8 aromatic rings. The highest BCUT2D eigenvalue weighted by Crippen LogP contribution is 2.50. The molecular weight excluding hydrogens is 797 g/mol. The number of pyridine rings is 2. The Kier molecular flexibility index (Phi) is 13.8. The fourth-order valence-corrected chi connectivity index (χ4v) is 7.03. The predicted molar refractivity (Wildman–Crippen MR) is 257 cm³/mol. The van der Waals surface area contributed by atoms with Crippen LogP contribution in [0, 0.1) is 0 Å². The molecule has 0 radical (unpaired) electrons. The van der Waals surface area contributed by atoms with Crippen LogP contribution in [0.3, 0.4) is 0 Å². The van der Waals surface area contributed by atoms with Crippen LogP contribution in [0.25, 0.3) is 39.3 Å². The Labute approximate surface area is 371 Å². The molecule has 2 aromatic heterocycles. The van der Waals surface area contributed by atoms with E-state index in [-0.39, 0.29) is 22.9 Å². The number of aliphatic carboxylic acids is 1. The number of hydrogen-bond acceptors (Lipinski definition) is 7. The number of allylic oxidation sites excluding steroid dienone is 1. The van der Waals surface area contributed by atoms with Gasteiger partial charge in [-0.05, 0) is 94.4 Å². The summed E-state index contributed by atoms with van der Waals surface area (Å²) in [7, 11) is 0. The number of carbonyl (C=O) groups is 4. The molecule has 1 aliphatic carbocycles. The summed E-state index contributed by atoms with van der Waals surface area (Å²) < 4.78 is 0. The van der Waals surface area contributed by atoms with Gasteiger partial charge in [0.25, 0.3) is 0 Å². The normalized spacial score (nSPS) is 12.4. The summed E-state index contributed by atoms with van der Waals surface area (Å²) >= 11 is 0. The standard InChI is InChI=1S/C28H22N2O2.C18H14O3.C9H8N2/c31-26(30-25-12-11-23-19-29-17-14-22(23)18-25)13-8-20-6-9-21(10-7-20)27(32)28(15-16-28)24-4-2-1-3-5-24;1-13(15-5-3-2-4-6-15)18(21)16-10-7-14(8-11-16)9-12-17(19)20;10-9-2-1-8-6-11-4-3-7(8)5-9/h1-14,17-19H,15-16H2,(H,30,31);2-12H,1H2,(H,19,20);1-6H,10H2/b13-8+;12-9+;. The number of carboxylic acids is 1. The number of nitrogen functional groups attached to an aromatic ring is 1. The Bertz CT molecular complexity index is 3010. The minimum Gasteiger partial charge on any atom is -0.478 e. The number of aromatic nitrogens is 2. The number of rotatable bonds is 11. The third-order valence-corrected chi connectivity index (χ3v) is 10.7. The van der Waals surface area contributed by atoms with Crippen LogP contribution in [0.2, 0.25) is 0 Å². The highest BCUT2D eigenvalue weighted by molar-refractivity contribution is 6.28. The maximum absolute atomic E-state index is 13.1. The van der Waals surface area contributed by atoms with Gasteiger partial charge in [0.05, 0.1) is 5.41 Å². The van der Waals surface area contributed by atoms with Gasteiger partial charge in [-0.2, -0.15) is 0 Å². The minimum absolute atomic E-state index is 0.144. The summed E-state index contributed by atoms with van der Waals surface area (Å²) in [5, 5.41) is 15.8. The van der Waals surface area contributed by atoms with E-state index in [1.165, 1.54) is 12.2 Å². The number of anilines is 2. The van der Waals surface area contributed by atoms with Crippen molar-refractivity contribution in [1.29, 1.82) is 0 Å². The van der Waals surface area contributed by atoms with Gasteiger partial charge in [-0.15, -0.1) is 0 Å². The van der Waals surface area contributed by atoms with Crippen LogP contribution in [-0.2, 0) is 15.0 Å². The third-order valence-electron chi connectivity index (χ3n) is 10.7. The van der Waals surface area contributed by atoms with Crippen LogP contribution in [0.1, 0.15) is 55.8 Å². The summed E-state index contributed by atoms with van der Waals surface area (Å²) in [5.41, 5.74) is 11.9. The molecule has 1 amide bonds. The molecule has 6 aromatic carbocycles. The number of nitrogens with zero attached hydrogens (tertiary/aromatic N) is 2. The number of nitrogens with two attached hydrogens (primary N) is 1. The second-order valence-electron chi connectivity index (χ2n) is 15.1. The van der Waals surface area contributed by atoms with Gasteiger partial charge in [-0.1, -0.05) is 128 Å². The highest BCUT2D eigenvalue weighted by atomic mass is 16.4. The largest absolute Gasteiger partial charge is 0.478 e. The summed E-state index contributed by atoms with van der Waals surface area (Å²) in [6, 6.07) is 48.8. The van der Waals surface area contributed by atoms with E-state index in [1.54, 1.807) is 48.9 Å². The van der Waals surface area contributed by atoms with E-state index in [0.29, 0.717) is 16.7 Å². The first kappa shape index (κ1) is 43.5. The summed E-state index contributed by atoms with van der Waals surface area (Å²) in [6.45, 7) is 3.84. The molecule has 4 N–H and O–H groups in total. The van der Waals surface area contributed by atoms with E-state index >= 15 is 0 Å². The van der Waals surface area contributed by atoms with E-state index in [2.05, 4.69) is 21.9 Å². The molecule has 0 spiro atoms. The monoisotopic (exact) mass is 840 g/mol. The van der Waals surface area contributed by atoms with Crippen molar-refractivity contribution in [2.75, 3.05) is 11.1 Å². The van der Waals surface area contributed by atoms with E-state index < -0.39 is 5.97 Å². The quantitative estimate of drug-likeness (QED) is 0.0661. The maximum atomic E-state index is 13.1. The zero-order valence-corrected chi connectivity index (χ0v) is 34.8. The van der Waals surface area contributed by atoms with Gasteiger partial charge in [-0.3, -0.25) is 24.4 Å².